The molecule has 3 aromatic rings. The molecule has 27 heavy (non-hydrogen) atoms. The molecule has 8 heteroatoms. The Hall–Kier alpha value is -2.48. The number of thiazole rings is 1. The van der Waals surface area contributed by atoms with Crippen LogP contribution in [0.15, 0.2) is 35.6 Å². The second-order valence-electron chi connectivity index (χ2n) is 6.16. The summed E-state index contributed by atoms with van der Waals surface area (Å²) in [5.41, 5.74) is 0.888. The first kappa shape index (κ1) is 19.3. The zero-order chi connectivity index (χ0) is 18.9. The Bertz CT molecular complexity index is 868. The Morgan fingerprint density at radius 3 is 2.93 bits per heavy atom. The van der Waals surface area contributed by atoms with E-state index in [1.165, 1.54) is 9.88 Å². The number of nitrogens with zero attached hydrogens (tertiary/aromatic N) is 5. The smallest absolute Gasteiger partial charge is 0.191 e. The molecule has 3 rings (SSSR count). The summed E-state index contributed by atoms with van der Waals surface area (Å²) in [6.07, 6.45) is 7.73. The molecule has 0 fully saturated rings. The molecule has 0 unspecified atom stereocenters. The number of hydrogen-bond acceptors (Lipinski definition) is 5. The van der Waals surface area contributed by atoms with E-state index in [-0.39, 0.29) is 0 Å². The maximum atomic E-state index is 4.67. The lowest BCUT2D eigenvalue weighted by molar-refractivity contribution is 0.749. The highest BCUT2D eigenvalue weighted by Crippen LogP contribution is 2.13. The van der Waals surface area contributed by atoms with Gasteiger partial charge in [0.1, 0.15) is 5.82 Å². The van der Waals surface area contributed by atoms with Crippen molar-refractivity contribution in [2.75, 3.05) is 19.6 Å². The van der Waals surface area contributed by atoms with Crippen LogP contribution in [0.1, 0.15) is 36.0 Å². The topological polar surface area (TPSA) is 79.5 Å². The zero-order valence-corrected chi connectivity index (χ0v) is 16.8. The Balaban J connectivity index is 1.45. The van der Waals surface area contributed by atoms with Crippen molar-refractivity contribution in [3.63, 3.8) is 0 Å². The number of guanidine groups is 1. The fourth-order valence-corrected chi connectivity index (χ4v) is 3.61. The minimum absolute atomic E-state index is 0.744. The fraction of sp³-hybridized carbons (Fsp3) is 0.474. The summed E-state index contributed by atoms with van der Waals surface area (Å²) in [5, 5.41) is 16.3. The number of rotatable bonds is 9. The second kappa shape index (κ2) is 10.0. The molecule has 0 amide bonds. The highest BCUT2D eigenvalue weighted by Gasteiger charge is 2.05. The lowest BCUT2D eigenvalue weighted by Gasteiger charge is -2.10. The number of fused-ring (bicyclic) bond motifs is 1. The number of aliphatic imine (C=N–C) groups is 1. The van der Waals surface area contributed by atoms with Crippen LogP contribution >= 0.6 is 11.3 Å². The van der Waals surface area contributed by atoms with Gasteiger partial charge in [-0.3, -0.25) is 9.39 Å². The van der Waals surface area contributed by atoms with Crippen LogP contribution in [0.4, 0.5) is 0 Å². The quantitative estimate of drug-likeness (QED) is 0.336. The van der Waals surface area contributed by atoms with Gasteiger partial charge in [-0.15, -0.1) is 21.5 Å². The summed E-state index contributed by atoms with van der Waals surface area (Å²) in [7, 11) is 0. The second-order valence-corrected chi connectivity index (χ2v) is 7.36. The van der Waals surface area contributed by atoms with Crippen molar-refractivity contribution < 1.29 is 0 Å². The van der Waals surface area contributed by atoms with E-state index < -0.39 is 0 Å². The first-order chi connectivity index (χ1) is 13.3. The average Bonchev–Trinajstić information content (AvgIpc) is 3.32. The third-order valence-electron chi connectivity index (χ3n) is 4.14. The van der Waals surface area contributed by atoms with Crippen molar-refractivity contribution in [3.8, 4) is 0 Å². The standard InChI is InChI=1S/C19H27N7S/c1-3-15-14-23-18(27-15)10-12-22-19(20-4-2)21-11-7-9-17-25-24-16-8-5-6-13-26(16)17/h5-6,8,13-14H,3-4,7,9-12H2,1-2H3,(H2,20,21,22). The van der Waals surface area contributed by atoms with Gasteiger partial charge in [0.15, 0.2) is 11.6 Å². The Labute approximate surface area is 164 Å². The van der Waals surface area contributed by atoms with E-state index in [2.05, 4.69) is 44.7 Å². The molecule has 0 saturated carbocycles. The fourth-order valence-electron chi connectivity index (χ4n) is 2.75. The monoisotopic (exact) mass is 385 g/mol. The first-order valence-corrected chi connectivity index (χ1v) is 10.4. The van der Waals surface area contributed by atoms with E-state index >= 15 is 0 Å². The summed E-state index contributed by atoms with van der Waals surface area (Å²) in [5.74, 6) is 1.84. The Kier molecular flexibility index (Phi) is 7.15. The molecule has 0 aromatic carbocycles. The van der Waals surface area contributed by atoms with Gasteiger partial charge in [0.25, 0.3) is 0 Å². The number of hydrogen-bond donors (Lipinski definition) is 2. The number of aromatic nitrogens is 4. The van der Waals surface area contributed by atoms with E-state index in [9.17, 15) is 0 Å². The van der Waals surface area contributed by atoms with Gasteiger partial charge in [0, 0.05) is 49.7 Å². The number of pyridine rings is 1. The van der Waals surface area contributed by atoms with E-state index in [1.807, 2.05) is 35.0 Å². The van der Waals surface area contributed by atoms with E-state index in [1.54, 1.807) is 11.3 Å². The summed E-state index contributed by atoms with van der Waals surface area (Å²) >= 11 is 1.79. The van der Waals surface area contributed by atoms with Gasteiger partial charge >= 0.3 is 0 Å². The number of aryl methyl sites for hydroxylation is 2. The van der Waals surface area contributed by atoms with Crippen molar-refractivity contribution in [1.82, 2.24) is 30.2 Å². The highest BCUT2D eigenvalue weighted by atomic mass is 32.1. The van der Waals surface area contributed by atoms with Gasteiger partial charge in [-0.05, 0) is 31.9 Å². The zero-order valence-electron chi connectivity index (χ0n) is 16.0. The maximum absolute atomic E-state index is 4.67. The summed E-state index contributed by atoms with van der Waals surface area (Å²) in [6.45, 7) is 6.66. The van der Waals surface area contributed by atoms with Crippen LogP contribution < -0.4 is 10.6 Å². The molecular weight excluding hydrogens is 358 g/mol. The van der Waals surface area contributed by atoms with E-state index in [4.69, 9.17) is 0 Å². The Morgan fingerprint density at radius 1 is 1.19 bits per heavy atom. The average molecular weight is 386 g/mol. The third-order valence-corrected chi connectivity index (χ3v) is 5.34. The summed E-state index contributed by atoms with van der Waals surface area (Å²) in [6, 6.07) is 5.94. The molecular formula is C19H27N7S. The molecule has 0 aliphatic heterocycles. The van der Waals surface area contributed by atoms with Crippen molar-refractivity contribution >= 4 is 22.9 Å². The van der Waals surface area contributed by atoms with Crippen LogP contribution in [0.2, 0.25) is 0 Å². The van der Waals surface area contributed by atoms with Crippen LogP contribution in [-0.2, 0) is 19.3 Å². The molecule has 0 aliphatic carbocycles. The van der Waals surface area contributed by atoms with Crippen LogP contribution in [-0.4, -0.2) is 45.2 Å². The molecule has 0 saturated heterocycles. The van der Waals surface area contributed by atoms with Gasteiger partial charge in [-0.1, -0.05) is 13.0 Å². The van der Waals surface area contributed by atoms with Crippen molar-refractivity contribution in [2.24, 2.45) is 4.99 Å². The molecule has 0 atom stereocenters. The molecule has 7 nitrogen and oxygen atoms in total. The normalized spacial score (nSPS) is 11.9. The molecule has 2 N–H and O–H groups in total. The Morgan fingerprint density at radius 2 is 2.11 bits per heavy atom. The summed E-state index contributed by atoms with van der Waals surface area (Å²) in [4.78, 5) is 10.5. The molecule has 144 valence electrons. The van der Waals surface area contributed by atoms with Gasteiger partial charge < -0.3 is 10.6 Å². The molecule has 0 spiro atoms. The lowest BCUT2D eigenvalue weighted by Crippen LogP contribution is -2.38. The van der Waals surface area contributed by atoms with Crippen molar-refractivity contribution in [1.29, 1.82) is 0 Å². The molecule has 0 bridgehead atoms. The van der Waals surface area contributed by atoms with Crippen LogP contribution in [0.5, 0.6) is 0 Å². The minimum atomic E-state index is 0.744. The van der Waals surface area contributed by atoms with Crippen LogP contribution in [0, 0.1) is 0 Å². The largest absolute Gasteiger partial charge is 0.357 e. The van der Waals surface area contributed by atoms with E-state index in [0.717, 1.165) is 62.7 Å². The molecule has 0 radical (unpaired) electrons. The van der Waals surface area contributed by atoms with Gasteiger partial charge in [-0.2, -0.15) is 0 Å². The molecule has 3 heterocycles. The van der Waals surface area contributed by atoms with Crippen LogP contribution in [0.3, 0.4) is 0 Å². The van der Waals surface area contributed by atoms with Gasteiger partial charge in [-0.25, -0.2) is 4.98 Å². The van der Waals surface area contributed by atoms with Crippen molar-refractivity contribution in [2.45, 2.75) is 39.5 Å². The minimum Gasteiger partial charge on any atom is -0.357 e. The first-order valence-electron chi connectivity index (χ1n) is 9.54. The lowest BCUT2D eigenvalue weighted by atomic mass is 10.3. The SMILES string of the molecule is CCNC(=NCCCc1nnc2ccccn12)NCCc1ncc(CC)s1. The third kappa shape index (κ3) is 5.50. The molecule has 0 aliphatic rings. The predicted molar refractivity (Wildman–Crippen MR) is 110 cm³/mol. The summed E-state index contributed by atoms with van der Waals surface area (Å²) < 4.78 is 2.03. The number of nitrogens with one attached hydrogen (secondary N) is 2. The predicted octanol–water partition coefficient (Wildman–Crippen LogP) is 2.48. The van der Waals surface area contributed by atoms with Crippen LogP contribution in [0.25, 0.3) is 5.65 Å². The van der Waals surface area contributed by atoms with Gasteiger partial charge in [0.2, 0.25) is 0 Å². The maximum Gasteiger partial charge on any atom is 0.191 e. The highest BCUT2D eigenvalue weighted by molar-refractivity contribution is 7.11. The van der Waals surface area contributed by atoms with Gasteiger partial charge in [0.05, 0.1) is 5.01 Å². The van der Waals surface area contributed by atoms with Crippen molar-refractivity contribution in [3.05, 3.63) is 46.3 Å². The van der Waals surface area contributed by atoms with E-state index in [0.29, 0.717) is 0 Å². The molecule has 3 aromatic heterocycles.